The highest BCUT2D eigenvalue weighted by atomic mass is 79.9. The van der Waals surface area contributed by atoms with E-state index < -0.39 is 0 Å². The Morgan fingerprint density at radius 3 is 2.78 bits per heavy atom. The van der Waals surface area contributed by atoms with Gasteiger partial charge < -0.3 is 4.90 Å². The van der Waals surface area contributed by atoms with Crippen LogP contribution in [-0.4, -0.2) is 27.8 Å². The lowest BCUT2D eigenvalue weighted by Gasteiger charge is -2.17. The van der Waals surface area contributed by atoms with Gasteiger partial charge in [0.2, 0.25) is 0 Å². The van der Waals surface area contributed by atoms with E-state index in [0.29, 0.717) is 12.2 Å². The summed E-state index contributed by atoms with van der Waals surface area (Å²) in [5, 5.41) is 0. The Kier molecular flexibility index (Phi) is 4.04. The number of benzene rings is 1. The first-order valence-corrected chi connectivity index (χ1v) is 6.22. The fraction of sp³-hybridized carbons (Fsp3) is 0.154. The van der Waals surface area contributed by atoms with E-state index in [1.807, 2.05) is 24.3 Å². The quantitative estimate of drug-likeness (QED) is 0.875. The standard InChI is InChI=1S/C13H12BrN3O/c1-17(9-10-4-2-3-5-11(10)14)13(18)12-8-15-6-7-16-12/h2-8H,9H2,1H3. The number of carbonyl (C=O) groups excluding carboxylic acids is 1. The molecule has 2 aromatic rings. The fourth-order valence-corrected chi connectivity index (χ4v) is 1.97. The normalized spacial score (nSPS) is 10.1. The maximum atomic E-state index is 12.1. The molecule has 0 aliphatic heterocycles. The molecule has 1 aromatic heterocycles. The topological polar surface area (TPSA) is 46.1 Å². The summed E-state index contributed by atoms with van der Waals surface area (Å²) in [5.41, 5.74) is 1.41. The van der Waals surface area contributed by atoms with Crippen molar-refractivity contribution in [3.8, 4) is 0 Å². The van der Waals surface area contributed by atoms with E-state index >= 15 is 0 Å². The van der Waals surface area contributed by atoms with Gasteiger partial charge in [0, 0.05) is 30.5 Å². The van der Waals surface area contributed by atoms with Crippen molar-refractivity contribution in [2.45, 2.75) is 6.54 Å². The molecule has 0 spiro atoms. The molecule has 0 radical (unpaired) electrons. The number of nitrogens with zero attached hydrogens (tertiary/aromatic N) is 3. The predicted octanol–water partition coefficient (Wildman–Crippen LogP) is 2.51. The molecule has 0 unspecified atom stereocenters. The average Bonchev–Trinajstić information content (AvgIpc) is 2.41. The lowest BCUT2D eigenvalue weighted by Crippen LogP contribution is -2.27. The zero-order valence-electron chi connectivity index (χ0n) is 9.88. The van der Waals surface area contributed by atoms with E-state index in [0.717, 1.165) is 10.0 Å². The molecule has 18 heavy (non-hydrogen) atoms. The summed E-state index contributed by atoms with van der Waals surface area (Å²) in [6, 6.07) is 7.82. The van der Waals surface area contributed by atoms with Crippen LogP contribution in [0.5, 0.6) is 0 Å². The average molecular weight is 306 g/mol. The van der Waals surface area contributed by atoms with E-state index in [4.69, 9.17) is 0 Å². The number of carbonyl (C=O) groups is 1. The number of rotatable bonds is 3. The highest BCUT2D eigenvalue weighted by Gasteiger charge is 2.14. The number of hydrogen-bond acceptors (Lipinski definition) is 3. The zero-order valence-corrected chi connectivity index (χ0v) is 11.5. The smallest absolute Gasteiger partial charge is 0.274 e. The van der Waals surface area contributed by atoms with Crippen molar-refractivity contribution in [1.82, 2.24) is 14.9 Å². The van der Waals surface area contributed by atoms with Crippen LogP contribution in [0.25, 0.3) is 0 Å². The van der Waals surface area contributed by atoms with Crippen molar-refractivity contribution >= 4 is 21.8 Å². The molecule has 0 aliphatic carbocycles. The van der Waals surface area contributed by atoms with Gasteiger partial charge in [-0.3, -0.25) is 9.78 Å². The highest BCUT2D eigenvalue weighted by molar-refractivity contribution is 9.10. The van der Waals surface area contributed by atoms with Gasteiger partial charge in [0.15, 0.2) is 0 Å². The Morgan fingerprint density at radius 1 is 1.33 bits per heavy atom. The van der Waals surface area contributed by atoms with E-state index in [1.165, 1.54) is 12.4 Å². The molecule has 0 fully saturated rings. The minimum absolute atomic E-state index is 0.140. The van der Waals surface area contributed by atoms with Gasteiger partial charge >= 0.3 is 0 Å². The molecule has 0 saturated carbocycles. The van der Waals surface area contributed by atoms with Crippen LogP contribution >= 0.6 is 15.9 Å². The Hall–Kier alpha value is -1.75. The molecule has 0 atom stereocenters. The first-order valence-electron chi connectivity index (χ1n) is 5.43. The fourth-order valence-electron chi connectivity index (χ4n) is 1.56. The predicted molar refractivity (Wildman–Crippen MR) is 72.0 cm³/mol. The van der Waals surface area contributed by atoms with Crippen LogP contribution in [0.3, 0.4) is 0 Å². The van der Waals surface area contributed by atoms with E-state index in [-0.39, 0.29) is 5.91 Å². The summed E-state index contributed by atoms with van der Waals surface area (Å²) in [7, 11) is 1.75. The van der Waals surface area contributed by atoms with Crippen molar-refractivity contribution in [3.63, 3.8) is 0 Å². The summed E-state index contributed by atoms with van der Waals surface area (Å²) in [6.07, 6.45) is 4.53. The second kappa shape index (κ2) is 5.73. The van der Waals surface area contributed by atoms with Gasteiger partial charge in [0.1, 0.15) is 5.69 Å². The second-order valence-corrected chi connectivity index (χ2v) is 4.70. The molecule has 0 bridgehead atoms. The Balaban J connectivity index is 2.11. The Labute approximate surface area is 114 Å². The Bertz CT molecular complexity index is 545. The monoisotopic (exact) mass is 305 g/mol. The van der Waals surface area contributed by atoms with Crippen LogP contribution in [0, 0.1) is 0 Å². The highest BCUT2D eigenvalue weighted by Crippen LogP contribution is 2.17. The van der Waals surface area contributed by atoms with Gasteiger partial charge in [-0.1, -0.05) is 34.1 Å². The maximum absolute atomic E-state index is 12.1. The molecule has 0 aliphatic rings. The largest absolute Gasteiger partial charge is 0.336 e. The van der Waals surface area contributed by atoms with Crippen molar-refractivity contribution in [2.24, 2.45) is 0 Å². The van der Waals surface area contributed by atoms with Crippen LogP contribution in [0.2, 0.25) is 0 Å². The molecule has 4 nitrogen and oxygen atoms in total. The van der Waals surface area contributed by atoms with E-state index in [2.05, 4.69) is 25.9 Å². The lowest BCUT2D eigenvalue weighted by atomic mass is 10.2. The maximum Gasteiger partial charge on any atom is 0.274 e. The first-order chi connectivity index (χ1) is 8.68. The zero-order chi connectivity index (χ0) is 13.0. The van der Waals surface area contributed by atoms with Crippen LogP contribution < -0.4 is 0 Å². The molecule has 92 valence electrons. The molecular formula is C13H12BrN3O. The number of amides is 1. The number of aromatic nitrogens is 2. The molecule has 0 N–H and O–H groups in total. The summed E-state index contributed by atoms with van der Waals surface area (Å²) in [6.45, 7) is 0.525. The van der Waals surface area contributed by atoms with Gasteiger partial charge in [0.25, 0.3) is 5.91 Å². The molecule has 1 heterocycles. The number of hydrogen-bond donors (Lipinski definition) is 0. The van der Waals surface area contributed by atoms with Gasteiger partial charge in [-0.25, -0.2) is 4.98 Å². The van der Waals surface area contributed by atoms with Crippen LogP contribution in [0.1, 0.15) is 16.1 Å². The van der Waals surface area contributed by atoms with Crippen molar-refractivity contribution in [3.05, 3.63) is 58.6 Å². The van der Waals surface area contributed by atoms with E-state index in [9.17, 15) is 4.79 Å². The minimum atomic E-state index is -0.140. The van der Waals surface area contributed by atoms with Crippen molar-refractivity contribution < 1.29 is 4.79 Å². The molecule has 0 saturated heterocycles. The molecule has 5 heteroatoms. The van der Waals surface area contributed by atoms with E-state index in [1.54, 1.807) is 18.1 Å². The molecule has 1 aromatic carbocycles. The Morgan fingerprint density at radius 2 is 2.11 bits per heavy atom. The van der Waals surface area contributed by atoms with Crippen LogP contribution in [0.15, 0.2) is 47.3 Å². The third-order valence-electron chi connectivity index (χ3n) is 2.49. The first kappa shape index (κ1) is 12.7. The molecular weight excluding hydrogens is 294 g/mol. The third kappa shape index (κ3) is 2.92. The summed E-state index contributed by atoms with van der Waals surface area (Å²) in [5.74, 6) is -0.140. The SMILES string of the molecule is CN(Cc1ccccc1Br)C(=O)c1cnccn1. The summed E-state index contributed by atoms with van der Waals surface area (Å²) >= 11 is 3.46. The summed E-state index contributed by atoms with van der Waals surface area (Å²) in [4.78, 5) is 21.6. The van der Waals surface area contributed by atoms with Gasteiger partial charge in [-0.2, -0.15) is 0 Å². The van der Waals surface area contributed by atoms with Gasteiger partial charge in [-0.15, -0.1) is 0 Å². The van der Waals surface area contributed by atoms with Crippen molar-refractivity contribution in [2.75, 3.05) is 7.05 Å². The number of halogens is 1. The second-order valence-electron chi connectivity index (χ2n) is 3.84. The van der Waals surface area contributed by atoms with Gasteiger partial charge in [0.05, 0.1) is 6.20 Å². The van der Waals surface area contributed by atoms with Crippen LogP contribution in [0.4, 0.5) is 0 Å². The minimum Gasteiger partial charge on any atom is -0.336 e. The van der Waals surface area contributed by atoms with Crippen molar-refractivity contribution in [1.29, 1.82) is 0 Å². The molecule has 2 rings (SSSR count). The summed E-state index contributed by atoms with van der Waals surface area (Å²) < 4.78 is 0.990. The van der Waals surface area contributed by atoms with Gasteiger partial charge in [-0.05, 0) is 11.6 Å². The molecule has 1 amide bonds. The van der Waals surface area contributed by atoms with Crippen LogP contribution in [-0.2, 0) is 6.54 Å². The lowest BCUT2D eigenvalue weighted by molar-refractivity contribution is 0.0778. The third-order valence-corrected chi connectivity index (χ3v) is 3.27.